The Morgan fingerprint density at radius 2 is 2.29 bits per heavy atom. The van der Waals surface area contributed by atoms with Crippen molar-refractivity contribution in [1.82, 2.24) is 5.32 Å². The van der Waals surface area contributed by atoms with E-state index in [-0.39, 0.29) is 17.3 Å². The number of rotatable bonds is 3. The molecule has 1 heterocycles. The summed E-state index contributed by atoms with van der Waals surface area (Å²) in [6.07, 6.45) is 4.26. The summed E-state index contributed by atoms with van der Waals surface area (Å²) >= 11 is 7.60. The fourth-order valence-electron chi connectivity index (χ4n) is 2.03. The standard InChI is InChI=1S/C12H16ClNO2S/c1-16-8-6-11(17-7-8)12(15)14-10-5-3-2-4-9(10)13/h6-7,9-10H,2-5H2,1H3,(H,14,15). The third-order valence-electron chi connectivity index (χ3n) is 3.03. The second kappa shape index (κ2) is 5.74. The first kappa shape index (κ1) is 12.7. The Balaban J connectivity index is 1.96. The Morgan fingerprint density at radius 3 is 2.94 bits per heavy atom. The van der Waals surface area contributed by atoms with Crippen molar-refractivity contribution in [1.29, 1.82) is 0 Å². The van der Waals surface area contributed by atoms with Crippen LogP contribution in [0.4, 0.5) is 0 Å². The van der Waals surface area contributed by atoms with Crippen LogP contribution in [0.1, 0.15) is 35.4 Å². The summed E-state index contributed by atoms with van der Waals surface area (Å²) in [5.41, 5.74) is 0. The van der Waals surface area contributed by atoms with Crippen LogP contribution in [0, 0.1) is 0 Å². The summed E-state index contributed by atoms with van der Waals surface area (Å²) in [4.78, 5) is 12.6. The predicted molar refractivity (Wildman–Crippen MR) is 70.2 cm³/mol. The molecule has 1 fully saturated rings. The highest BCUT2D eigenvalue weighted by atomic mass is 35.5. The van der Waals surface area contributed by atoms with E-state index in [0.29, 0.717) is 4.88 Å². The summed E-state index contributed by atoms with van der Waals surface area (Å²) in [6, 6.07) is 1.86. The number of carbonyl (C=O) groups excluding carboxylic acids is 1. The van der Waals surface area contributed by atoms with Crippen LogP contribution in [0.5, 0.6) is 5.75 Å². The van der Waals surface area contributed by atoms with Gasteiger partial charge in [0, 0.05) is 17.5 Å². The third kappa shape index (κ3) is 3.13. The number of hydrogen-bond donors (Lipinski definition) is 1. The van der Waals surface area contributed by atoms with Crippen LogP contribution in [-0.4, -0.2) is 24.4 Å². The normalized spacial score (nSPS) is 24.4. The number of amides is 1. The van der Waals surface area contributed by atoms with Gasteiger partial charge in [0.05, 0.1) is 17.4 Å². The van der Waals surface area contributed by atoms with Crippen molar-refractivity contribution in [3.8, 4) is 5.75 Å². The monoisotopic (exact) mass is 273 g/mol. The fraction of sp³-hybridized carbons (Fsp3) is 0.583. The molecule has 2 atom stereocenters. The van der Waals surface area contributed by atoms with E-state index in [1.54, 1.807) is 13.2 Å². The Morgan fingerprint density at radius 1 is 1.53 bits per heavy atom. The minimum Gasteiger partial charge on any atom is -0.496 e. The molecule has 3 nitrogen and oxygen atoms in total. The van der Waals surface area contributed by atoms with E-state index in [1.165, 1.54) is 11.3 Å². The number of carbonyl (C=O) groups is 1. The highest BCUT2D eigenvalue weighted by Crippen LogP contribution is 2.25. The van der Waals surface area contributed by atoms with E-state index < -0.39 is 0 Å². The first-order chi connectivity index (χ1) is 8.20. The molecule has 2 unspecified atom stereocenters. The maximum absolute atomic E-state index is 12.0. The van der Waals surface area contributed by atoms with Crippen molar-refractivity contribution < 1.29 is 9.53 Å². The van der Waals surface area contributed by atoms with Crippen molar-refractivity contribution in [2.75, 3.05) is 7.11 Å². The lowest BCUT2D eigenvalue weighted by Crippen LogP contribution is -2.42. The molecule has 2 rings (SSSR count). The number of halogens is 1. The molecule has 1 aliphatic rings. The summed E-state index contributed by atoms with van der Waals surface area (Å²) in [7, 11) is 1.60. The van der Waals surface area contributed by atoms with Gasteiger partial charge >= 0.3 is 0 Å². The molecule has 0 aromatic carbocycles. The van der Waals surface area contributed by atoms with Crippen LogP contribution in [0.2, 0.25) is 0 Å². The second-order valence-electron chi connectivity index (χ2n) is 4.23. The molecule has 0 radical (unpaired) electrons. The zero-order valence-electron chi connectivity index (χ0n) is 9.74. The molecular formula is C12H16ClNO2S. The van der Waals surface area contributed by atoms with Crippen molar-refractivity contribution in [2.24, 2.45) is 0 Å². The van der Waals surface area contributed by atoms with Crippen LogP contribution < -0.4 is 10.1 Å². The molecule has 94 valence electrons. The second-order valence-corrected chi connectivity index (χ2v) is 5.70. The van der Waals surface area contributed by atoms with E-state index in [4.69, 9.17) is 16.3 Å². The number of ether oxygens (including phenoxy) is 1. The van der Waals surface area contributed by atoms with Crippen LogP contribution in [0.3, 0.4) is 0 Å². The molecule has 17 heavy (non-hydrogen) atoms. The van der Waals surface area contributed by atoms with Crippen LogP contribution in [0.15, 0.2) is 11.4 Å². The number of hydrogen-bond acceptors (Lipinski definition) is 3. The van der Waals surface area contributed by atoms with Gasteiger partial charge in [-0.15, -0.1) is 22.9 Å². The van der Waals surface area contributed by atoms with Crippen molar-refractivity contribution >= 4 is 28.8 Å². The molecule has 1 aromatic heterocycles. The van der Waals surface area contributed by atoms with Gasteiger partial charge in [-0.2, -0.15) is 0 Å². The minimum atomic E-state index is -0.0455. The van der Waals surface area contributed by atoms with Crippen molar-refractivity contribution in [3.63, 3.8) is 0 Å². The van der Waals surface area contributed by atoms with Gasteiger partial charge in [-0.25, -0.2) is 0 Å². The van der Waals surface area contributed by atoms with Gasteiger partial charge in [0.25, 0.3) is 5.91 Å². The summed E-state index contributed by atoms with van der Waals surface area (Å²) in [6.45, 7) is 0. The van der Waals surface area contributed by atoms with Gasteiger partial charge in [-0.1, -0.05) is 12.8 Å². The average molecular weight is 274 g/mol. The zero-order chi connectivity index (χ0) is 12.3. The van der Waals surface area contributed by atoms with Crippen molar-refractivity contribution in [3.05, 3.63) is 16.3 Å². The fourth-order valence-corrected chi connectivity index (χ4v) is 3.13. The van der Waals surface area contributed by atoms with E-state index in [9.17, 15) is 4.79 Å². The lowest BCUT2D eigenvalue weighted by molar-refractivity contribution is 0.0932. The highest BCUT2D eigenvalue weighted by molar-refractivity contribution is 7.12. The molecule has 1 N–H and O–H groups in total. The van der Waals surface area contributed by atoms with Crippen molar-refractivity contribution in [2.45, 2.75) is 37.1 Å². The molecule has 1 aliphatic carbocycles. The Labute approximate surface area is 110 Å². The quantitative estimate of drug-likeness (QED) is 0.860. The minimum absolute atomic E-state index is 0.0455. The molecule has 1 aromatic rings. The first-order valence-electron chi connectivity index (χ1n) is 5.78. The Bertz CT molecular complexity index is 394. The molecular weight excluding hydrogens is 258 g/mol. The summed E-state index contributed by atoms with van der Waals surface area (Å²) in [5.74, 6) is 0.682. The van der Waals surface area contributed by atoms with Crippen LogP contribution >= 0.6 is 22.9 Å². The van der Waals surface area contributed by atoms with Crippen LogP contribution in [0.25, 0.3) is 0 Å². The molecule has 1 amide bonds. The van der Waals surface area contributed by atoms with Gasteiger partial charge < -0.3 is 10.1 Å². The lowest BCUT2D eigenvalue weighted by Gasteiger charge is -2.27. The van der Waals surface area contributed by atoms with E-state index in [0.717, 1.165) is 31.4 Å². The number of thiophene rings is 1. The van der Waals surface area contributed by atoms with E-state index in [1.807, 2.05) is 5.38 Å². The van der Waals surface area contributed by atoms with Gasteiger partial charge in [0.15, 0.2) is 0 Å². The van der Waals surface area contributed by atoms with E-state index in [2.05, 4.69) is 5.32 Å². The van der Waals surface area contributed by atoms with Gasteiger partial charge in [0.2, 0.25) is 0 Å². The Kier molecular flexibility index (Phi) is 4.29. The molecule has 1 saturated carbocycles. The van der Waals surface area contributed by atoms with Gasteiger partial charge in [-0.05, 0) is 12.8 Å². The van der Waals surface area contributed by atoms with Gasteiger partial charge in [-0.3, -0.25) is 4.79 Å². The predicted octanol–water partition coefficient (Wildman–Crippen LogP) is 3.04. The number of methoxy groups -OCH3 is 1. The smallest absolute Gasteiger partial charge is 0.261 e. The molecule has 5 heteroatoms. The average Bonchev–Trinajstić information content (AvgIpc) is 2.81. The molecule has 0 spiro atoms. The number of nitrogens with one attached hydrogen (secondary N) is 1. The zero-order valence-corrected chi connectivity index (χ0v) is 11.3. The summed E-state index contributed by atoms with van der Waals surface area (Å²) < 4.78 is 5.06. The number of alkyl halides is 1. The maximum atomic E-state index is 12.0. The van der Waals surface area contributed by atoms with Gasteiger partial charge in [0.1, 0.15) is 5.75 Å². The third-order valence-corrected chi connectivity index (χ3v) is 4.46. The lowest BCUT2D eigenvalue weighted by atomic mass is 9.95. The largest absolute Gasteiger partial charge is 0.496 e. The van der Waals surface area contributed by atoms with E-state index >= 15 is 0 Å². The maximum Gasteiger partial charge on any atom is 0.261 e. The first-order valence-corrected chi connectivity index (χ1v) is 7.10. The SMILES string of the molecule is COc1csc(C(=O)NC2CCCCC2Cl)c1. The highest BCUT2D eigenvalue weighted by Gasteiger charge is 2.25. The van der Waals surface area contributed by atoms with Crippen LogP contribution in [-0.2, 0) is 0 Å². The Hall–Kier alpha value is -0.740. The molecule has 0 saturated heterocycles. The topological polar surface area (TPSA) is 38.3 Å². The molecule has 0 bridgehead atoms. The molecule has 0 aliphatic heterocycles. The summed E-state index contributed by atoms with van der Waals surface area (Å²) in [5, 5.41) is 4.90.